The fourth-order valence-corrected chi connectivity index (χ4v) is 1.53. The van der Waals surface area contributed by atoms with Crippen molar-refractivity contribution in [3.63, 3.8) is 0 Å². The van der Waals surface area contributed by atoms with Crippen molar-refractivity contribution in [2.75, 3.05) is 0 Å². The fraction of sp³-hybridized carbons (Fsp3) is 0.750. The molecule has 0 aliphatic heterocycles. The van der Waals surface area contributed by atoms with Gasteiger partial charge in [0.2, 0.25) is 0 Å². The summed E-state index contributed by atoms with van der Waals surface area (Å²) in [6.07, 6.45) is 1.38. The molecule has 0 aromatic heterocycles. The van der Waals surface area contributed by atoms with E-state index in [0.29, 0.717) is 25.7 Å². The molecule has 5 heteroatoms. The van der Waals surface area contributed by atoms with Crippen molar-refractivity contribution < 1.29 is 23.0 Å². The van der Waals surface area contributed by atoms with E-state index >= 15 is 0 Å². The summed E-state index contributed by atoms with van der Waals surface area (Å²) in [5, 5.41) is 0. The van der Waals surface area contributed by atoms with E-state index in [0.717, 1.165) is 0 Å². The molecule has 0 saturated carbocycles. The van der Waals surface area contributed by atoms with Gasteiger partial charge in [-0.3, -0.25) is 0 Å². The van der Waals surface area contributed by atoms with E-state index in [1.165, 1.54) is 0 Å². The summed E-state index contributed by atoms with van der Waals surface area (Å²) in [7, 11) is 0. The van der Waals surface area contributed by atoms with E-state index in [2.05, 4.69) is 0 Å². The highest BCUT2D eigenvalue weighted by molar-refractivity contribution is 5.04. The molecular weight excluding hydrogens is 278 g/mol. The number of hydrogen-bond acceptors (Lipinski definition) is 3. The van der Waals surface area contributed by atoms with Gasteiger partial charge >= 0.3 is 12.0 Å². The Labute approximate surface area is 127 Å². The number of hydrogen-bond donors (Lipinski definition) is 0. The van der Waals surface area contributed by atoms with Gasteiger partial charge in [0.1, 0.15) is 0 Å². The van der Waals surface area contributed by atoms with Crippen molar-refractivity contribution in [1.82, 2.24) is 0 Å². The SMILES string of the molecule is CCCC(OC(CCC)=C(F)OC(C)C)=C(F)OC(C)C. The third-order valence-corrected chi connectivity index (χ3v) is 2.32. The zero-order chi connectivity index (χ0) is 16.4. The topological polar surface area (TPSA) is 27.7 Å². The number of rotatable bonds is 10. The lowest BCUT2D eigenvalue weighted by atomic mass is 10.2. The maximum Gasteiger partial charge on any atom is 0.312 e. The van der Waals surface area contributed by atoms with Gasteiger partial charge < -0.3 is 14.2 Å². The molecule has 0 atom stereocenters. The van der Waals surface area contributed by atoms with Crippen LogP contribution in [0.25, 0.3) is 0 Å². The Morgan fingerprint density at radius 1 is 0.762 bits per heavy atom. The minimum Gasteiger partial charge on any atom is -0.466 e. The summed E-state index contributed by atoms with van der Waals surface area (Å²) >= 11 is 0. The molecule has 0 aromatic rings. The van der Waals surface area contributed by atoms with E-state index in [4.69, 9.17) is 14.2 Å². The molecule has 0 unspecified atom stereocenters. The van der Waals surface area contributed by atoms with Gasteiger partial charge in [-0.25, -0.2) is 0 Å². The van der Waals surface area contributed by atoms with Crippen LogP contribution < -0.4 is 0 Å². The summed E-state index contributed by atoms with van der Waals surface area (Å²) in [6, 6.07) is -1.59. The largest absolute Gasteiger partial charge is 0.466 e. The lowest BCUT2D eigenvalue weighted by Crippen LogP contribution is -2.07. The maximum absolute atomic E-state index is 14.0. The van der Waals surface area contributed by atoms with Crippen molar-refractivity contribution in [2.45, 2.75) is 79.4 Å². The second-order valence-corrected chi connectivity index (χ2v) is 5.33. The van der Waals surface area contributed by atoms with E-state index in [1.807, 2.05) is 13.8 Å². The molecule has 0 bridgehead atoms. The molecule has 124 valence electrons. The highest BCUT2D eigenvalue weighted by Crippen LogP contribution is 2.25. The van der Waals surface area contributed by atoms with Gasteiger partial charge in [-0.05, 0) is 40.5 Å². The van der Waals surface area contributed by atoms with E-state index in [9.17, 15) is 8.78 Å². The first-order chi connectivity index (χ1) is 9.81. The van der Waals surface area contributed by atoms with Crippen molar-refractivity contribution in [3.8, 4) is 0 Å². The molecular formula is C16H28F2O3. The molecule has 21 heavy (non-hydrogen) atoms. The molecule has 0 aliphatic carbocycles. The smallest absolute Gasteiger partial charge is 0.312 e. The zero-order valence-electron chi connectivity index (χ0n) is 14.0. The Kier molecular flexibility index (Phi) is 9.84. The van der Waals surface area contributed by atoms with Gasteiger partial charge in [0.05, 0.1) is 12.2 Å². The molecule has 0 rings (SSSR count). The molecule has 0 saturated heterocycles. The summed E-state index contributed by atoms with van der Waals surface area (Å²) in [6.45, 7) is 10.6. The molecule has 0 spiro atoms. The van der Waals surface area contributed by atoms with Crippen LogP contribution >= 0.6 is 0 Å². The molecule has 0 radical (unpaired) electrons. The standard InChI is InChI=1S/C16H28F2O3/c1-7-9-13(15(17)19-11(3)4)21-14(10-8-2)16(18)20-12(5)6/h11-12H,7-10H2,1-6H3. The Bertz CT molecular complexity index is 327. The fourth-order valence-electron chi connectivity index (χ4n) is 1.53. The summed E-state index contributed by atoms with van der Waals surface area (Å²) in [4.78, 5) is 0. The summed E-state index contributed by atoms with van der Waals surface area (Å²) in [5.74, 6) is 0.0225. The van der Waals surface area contributed by atoms with Crippen molar-refractivity contribution in [1.29, 1.82) is 0 Å². The lowest BCUT2D eigenvalue weighted by molar-refractivity contribution is 0.0540. The molecule has 0 heterocycles. The second kappa shape index (κ2) is 10.5. The average molecular weight is 306 g/mol. The monoisotopic (exact) mass is 306 g/mol. The van der Waals surface area contributed by atoms with Gasteiger partial charge in [-0.1, -0.05) is 13.8 Å². The quantitative estimate of drug-likeness (QED) is 0.482. The van der Waals surface area contributed by atoms with Crippen LogP contribution in [0.15, 0.2) is 23.5 Å². The average Bonchev–Trinajstić information content (AvgIpc) is 2.35. The first kappa shape index (κ1) is 19.7. The van der Waals surface area contributed by atoms with Crippen LogP contribution in [0.2, 0.25) is 0 Å². The predicted octanol–water partition coefficient (Wildman–Crippen LogP) is 5.73. The molecule has 3 nitrogen and oxygen atoms in total. The van der Waals surface area contributed by atoms with Crippen LogP contribution in [0, 0.1) is 0 Å². The van der Waals surface area contributed by atoms with Gasteiger partial charge in [0, 0.05) is 12.8 Å². The minimum absolute atomic E-state index is 0.0113. The van der Waals surface area contributed by atoms with Crippen LogP contribution in [0.5, 0.6) is 0 Å². The van der Waals surface area contributed by atoms with Gasteiger partial charge in [-0.2, -0.15) is 8.78 Å². The summed E-state index contributed by atoms with van der Waals surface area (Å²) < 4.78 is 43.4. The Hall–Kier alpha value is -1.26. The molecule has 0 N–H and O–H groups in total. The van der Waals surface area contributed by atoms with Crippen LogP contribution in [0.4, 0.5) is 8.78 Å². The van der Waals surface area contributed by atoms with Crippen LogP contribution in [-0.4, -0.2) is 12.2 Å². The van der Waals surface area contributed by atoms with E-state index in [-0.39, 0.29) is 23.7 Å². The third-order valence-electron chi connectivity index (χ3n) is 2.32. The van der Waals surface area contributed by atoms with Crippen LogP contribution in [0.3, 0.4) is 0 Å². The van der Waals surface area contributed by atoms with Gasteiger partial charge in [-0.15, -0.1) is 0 Å². The molecule has 0 aromatic carbocycles. The lowest BCUT2D eigenvalue weighted by Gasteiger charge is -2.17. The van der Waals surface area contributed by atoms with Crippen molar-refractivity contribution in [2.24, 2.45) is 0 Å². The predicted molar refractivity (Wildman–Crippen MR) is 79.6 cm³/mol. The number of ether oxygens (including phenoxy) is 3. The molecule has 0 amide bonds. The minimum atomic E-state index is -0.794. The highest BCUT2D eigenvalue weighted by atomic mass is 19.1. The van der Waals surface area contributed by atoms with Crippen molar-refractivity contribution >= 4 is 0 Å². The first-order valence-corrected chi connectivity index (χ1v) is 7.60. The summed E-state index contributed by atoms with van der Waals surface area (Å²) in [5.41, 5.74) is 0. The maximum atomic E-state index is 14.0. The third kappa shape index (κ3) is 8.58. The van der Waals surface area contributed by atoms with Crippen LogP contribution in [-0.2, 0) is 14.2 Å². The van der Waals surface area contributed by atoms with E-state index < -0.39 is 12.0 Å². The Morgan fingerprint density at radius 2 is 1.10 bits per heavy atom. The van der Waals surface area contributed by atoms with Crippen molar-refractivity contribution in [3.05, 3.63) is 23.5 Å². The molecule has 0 aliphatic rings. The van der Waals surface area contributed by atoms with Gasteiger partial charge in [0.15, 0.2) is 11.5 Å². The number of allylic oxidation sites excluding steroid dienone is 2. The van der Waals surface area contributed by atoms with Crippen LogP contribution in [0.1, 0.15) is 67.2 Å². The Balaban J connectivity index is 5.23. The normalized spacial score (nSPS) is 14.0. The van der Waals surface area contributed by atoms with E-state index in [1.54, 1.807) is 27.7 Å². The van der Waals surface area contributed by atoms with Gasteiger partial charge in [0.25, 0.3) is 0 Å². The highest BCUT2D eigenvalue weighted by Gasteiger charge is 2.17. The Morgan fingerprint density at radius 3 is 1.33 bits per heavy atom. The number of halogens is 2. The molecule has 0 fully saturated rings. The second-order valence-electron chi connectivity index (χ2n) is 5.33. The zero-order valence-corrected chi connectivity index (χ0v) is 14.0. The first-order valence-electron chi connectivity index (χ1n) is 7.60.